The number of hydrogen-bond donors (Lipinski definition) is 1. The lowest BCUT2D eigenvalue weighted by molar-refractivity contribution is -0.123. The van der Waals surface area contributed by atoms with E-state index in [-0.39, 0.29) is 17.8 Å². The maximum atomic E-state index is 13.0. The van der Waals surface area contributed by atoms with E-state index in [4.69, 9.17) is 0 Å². The highest BCUT2D eigenvalue weighted by atomic mass is 19.1. The number of rotatable bonds is 5. The first-order chi connectivity index (χ1) is 13.6. The van der Waals surface area contributed by atoms with Crippen molar-refractivity contribution < 1.29 is 9.18 Å². The van der Waals surface area contributed by atoms with Gasteiger partial charge in [0.05, 0.1) is 12.6 Å². The van der Waals surface area contributed by atoms with Crippen LogP contribution in [0.4, 0.5) is 4.39 Å². The molecule has 28 heavy (non-hydrogen) atoms. The number of benzene rings is 1. The van der Waals surface area contributed by atoms with Gasteiger partial charge < -0.3 is 5.32 Å². The number of piperidine rings is 1. The molecule has 1 aliphatic rings. The van der Waals surface area contributed by atoms with Crippen LogP contribution in [0.2, 0.25) is 0 Å². The van der Waals surface area contributed by atoms with Crippen LogP contribution < -0.4 is 5.32 Å². The average molecular weight is 381 g/mol. The van der Waals surface area contributed by atoms with Gasteiger partial charge in [0.2, 0.25) is 5.91 Å². The lowest BCUT2D eigenvalue weighted by atomic mass is 9.96. The van der Waals surface area contributed by atoms with Crippen LogP contribution in [-0.2, 0) is 4.79 Å². The molecule has 6 nitrogen and oxygen atoms in total. The Morgan fingerprint density at radius 3 is 2.68 bits per heavy atom. The van der Waals surface area contributed by atoms with Crippen LogP contribution in [0.15, 0.2) is 48.7 Å². The number of amides is 1. The molecule has 1 saturated heterocycles. The summed E-state index contributed by atoms with van der Waals surface area (Å²) in [6.45, 7) is 3.99. The fraction of sp³-hybridized carbons (Fsp3) is 0.381. The normalized spacial score (nSPS) is 16.9. The molecular formula is C21H24FN5O. The number of halogens is 1. The summed E-state index contributed by atoms with van der Waals surface area (Å²) in [6, 6.07) is 12.0. The summed E-state index contributed by atoms with van der Waals surface area (Å²) < 4.78 is 15.1. The van der Waals surface area contributed by atoms with E-state index in [2.05, 4.69) is 24.8 Å². The van der Waals surface area contributed by atoms with Gasteiger partial charge in [0.25, 0.3) is 0 Å². The van der Waals surface area contributed by atoms with Gasteiger partial charge in [-0.3, -0.25) is 14.1 Å². The fourth-order valence-corrected chi connectivity index (χ4v) is 3.81. The third-order valence-corrected chi connectivity index (χ3v) is 5.41. The highest BCUT2D eigenvalue weighted by molar-refractivity contribution is 5.78. The van der Waals surface area contributed by atoms with Crippen molar-refractivity contribution in [1.82, 2.24) is 24.8 Å². The Labute approximate surface area is 163 Å². The molecule has 4 rings (SSSR count). The van der Waals surface area contributed by atoms with Crippen LogP contribution in [0.25, 0.3) is 5.65 Å². The van der Waals surface area contributed by atoms with Gasteiger partial charge in [-0.1, -0.05) is 18.2 Å². The lowest BCUT2D eigenvalue weighted by Crippen LogP contribution is -2.42. The smallest absolute Gasteiger partial charge is 0.234 e. The van der Waals surface area contributed by atoms with E-state index in [1.165, 1.54) is 12.1 Å². The molecular weight excluding hydrogens is 357 g/mol. The van der Waals surface area contributed by atoms with Crippen molar-refractivity contribution in [2.24, 2.45) is 0 Å². The predicted octanol–water partition coefficient (Wildman–Crippen LogP) is 2.93. The first kappa shape index (κ1) is 18.6. The second-order valence-electron chi connectivity index (χ2n) is 7.38. The number of nitrogens with zero attached hydrogens (tertiary/aromatic N) is 4. The van der Waals surface area contributed by atoms with Crippen LogP contribution in [0, 0.1) is 5.82 Å². The number of nitrogens with one attached hydrogen (secondary N) is 1. The zero-order chi connectivity index (χ0) is 19.5. The van der Waals surface area contributed by atoms with Gasteiger partial charge in [0.1, 0.15) is 11.6 Å². The molecule has 1 aromatic carbocycles. The van der Waals surface area contributed by atoms with E-state index in [0.717, 1.165) is 43.0 Å². The van der Waals surface area contributed by atoms with E-state index in [9.17, 15) is 9.18 Å². The van der Waals surface area contributed by atoms with Gasteiger partial charge in [-0.05, 0) is 62.7 Å². The summed E-state index contributed by atoms with van der Waals surface area (Å²) in [4.78, 5) is 14.6. The van der Waals surface area contributed by atoms with Crippen LogP contribution in [-0.4, -0.2) is 45.0 Å². The highest BCUT2D eigenvalue weighted by Crippen LogP contribution is 2.27. The Balaban J connectivity index is 1.29. The molecule has 1 amide bonds. The average Bonchev–Trinajstić information content (AvgIpc) is 3.13. The SMILES string of the molecule is CC(NC(=O)CN1CCC(c2nnc3ccccn23)CC1)c1ccc(F)cc1. The number of aromatic nitrogens is 3. The Morgan fingerprint density at radius 2 is 1.93 bits per heavy atom. The first-order valence-corrected chi connectivity index (χ1v) is 9.67. The van der Waals surface area contributed by atoms with Gasteiger partial charge in [0, 0.05) is 12.1 Å². The molecule has 0 bridgehead atoms. The molecule has 1 atom stereocenters. The maximum Gasteiger partial charge on any atom is 0.234 e. The summed E-state index contributed by atoms with van der Waals surface area (Å²) in [5.74, 6) is 1.08. The monoisotopic (exact) mass is 381 g/mol. The van der Waals surface area contributed by atoms with E-state index in [0.29, 0.717) is 12.5 Å². The van der Waals surface area contributed by atoms with Crippen LogP contribution in [0.5, 0.6) is 0 Å². The van der Waals surface area contributed by atoms with Crippen molar-refractivity contribution in [3.05, 3.63) is 65.9 Å². The zero-order valence-corrected chi connectivity index (χ0v) is 15.9. The van der Waals surface area contributed by atoms with Gasteiger partial charge in [-0.25, -0.2) is 4.39 Å². The molecule has 0 radical (unpaired) electrons. The minimum Gasteiger partial charge on any atom is -0.348 e. The molecule has 7 heteroatoms. The van der Waals surface area contributed by atoms with Gasteiger partial charge >= 0.3 is 0 Å². The number of fused-ring (bicyclic) bond motifs is 1. The third-order valence-electron chi connectivity index (χ3n) is 5.41. The second kappa shape index (κ2) is 8.06. The standard InChI is InChI=1S/C21H24FN5O/c1-15(16-5-7-18(22)8-6-16)23-20(28)14-26-12-9-17(10-13-26)21-25-24-19-4-2-3-11-27(19)21/h2-8,11,15,17H,9-10,12-14H2,1H3,(H,23,28). The largest absolute Gasteiger partial charge is 0.348 e. The molecule has 1 fully saturated rings. The van der Waals surface area contributed by atoms with E-state index in [1.54, 1.807) is 12.1 Å². The van der Waals surface area contributed by atoms with Crippen molar-refractivity contribution in [3.8, 4) is 0 Å². The number of likely N-dealkylation sites (tertiary alicyclic amines) is 1. The van der Waals surface area contributed by atoms with E-state index < -0.39 is 0 Å². The molecule has 2 aromatic heterocycles. The summed E-state index contributed by atoms with van der Waals surface area (Å²) in [6.07, 6.45) is 3.91. The molecule has 3 heterocycles. The molecule has 3 aromatic rings. The molecule has 0 spiro atoms. The number of hydrogen-bond acceptors (Lipinski definition) is 4. The highest BCUT2D eigenvalue weighted by Gasteiger charge is 2.25. The van der Waals surface area contributed by atoms with Crippen LogP contribution in [0.1, 0.15) is 43.1 Å². The third kappa shape index (κ3) is 4.04. The Hall–Kier alpha value is -2.80. The maximum absolute atomic E-state index is 13.0. The summed E-state index contributed by atoms with van der Waals surface area (Å²) in [7, 11) is 0. The number of pyridine rings is 1. The van der Waals surface area contributed by atoms with Gasteiger partial charge in [0.15, 0.2) is 5.65 Å². The molecule has 1 unspecified atom stereocenters. The Morgan fingerprint density at radius 1 is 1.18 bits per heavy atom. The Bertz CT molecular complexity index is 947. The zero-order valence-electron chi connectivity index (χ0n) is 15.9. The summed E-state index contributed by atoms with van der Waals surface area (Å²) >= 11 is 0. The van der Waals surface area contributed by atoms with E-state index in [1.807, 2.05) is 31.3 Å². The molecule has 1 N–H and O–H groups in total. The van der Waals surface area contributed by atoms with Crippen molar-refractivity contribution in [3.63, 3.8) is 0 Å². The van der Waals surface area contributed by atoms with Crippen LogP contribution in [0.3, 0.4) is 0 Å². The van der Waals surface area contributed by atoms with Crippen molar-refractivity contribution in [1.29, 1.82) is 0 Å². The second-order valence-corrected chi connectivity index (χ2v) is 7.38. The first-order valence-electron chi connectivity index (χ1n) is 9.67. The van der Waals surface area contributed by atoms with Gasteiger partial charge in [-0.2, -0.15) is 0 Å². The molecule has 1 aliphatic heterocycles. The van der Waals surface area contributed by atoms with E-state index >= 15 is 0 Å². The minimum absolute atomic E-state index is 0.0109. The number of carbonyl (C=O) groups is 1. The quantitative estimate of drug-likeness (QED) is 0.738. The minimum atomic E-state index is -0.273. The summed E-state index contributed by atoms with van der Waals surface area (Å²) in [5.41, 5.74) is 1.77. The fourth-order valence-electron chi connectivity index (χ4n) is 3.81. The topological polar surface area (TPSA) is 62.5 Å². The molecule has 0 saturated carbocycles. The van der Waals surface area contributed by atoms with Crippen LogP contribution >= 0.6 is 0 Å². The Kier molecular flexibility index (Phi) is 5.34. The van der Waals surface area contributed by atoms with Crippen molar-refractivity contribution in [2.75, 3.05) is 19.6 Å². The molecule has 146 valence electrons. The molecule has 0 aliphatic carbocycles. The number of carbonyl (C=O) groups excluding carboxylic acids is 1. The summed E-state index contributed by atoms with van der Waals surface area (Å²) in [5, 5.41) is 11.6. The van der Waals surface area contributed by atoms with Crippen molar-refractivity contribution in [2.45, 2.75) is 31.7 Å². The van der Waals surface area contributed by atoms with Gasteiger partial charge in [-0.15, -0.1) is 10.2 Å². The predicted molar refractivity (Wildman–Crippen MR) is 104 cm³/mol. The lowest BCUT2D eigenvalue weighted by Gasteiger charge is -2.31. The van der Waals surface area contributed by atoms with Crippen molar-refractivity contribution >= 4 is 11.6 Å².